The first-order valence-electron chi connectivity index (χ1n) is 6.34. The lowest BCUT2D eigenvalue weighted by molar-refractivity contribution is -0.123. The van der Waals surface area contributed by atoms with Crippen LogP contribution in [-0.2, 0) is 4.79 Å². The average molecular weight is 320 g/mol. The van der Waals surface area contributed by atoms with E-state index in [-0.39, 0.29) is 25.5 Å². The van der Waals surface area contributed by atoms with Crippen LogP contribution in [-0.4, -0.2) is 29.8 Å². The first kappa shape index (κ1) is 17.1. The number of hydrogen-bond donors (Lipinski definition) is 2. The number of carbonyl (C=O) groups is 1. The Balaban J connectivity index is 2.36. The Morgan fingerprint density at radius 1 is 1.35 bits per heavy atom. The third kappa shape index (κ3) is 5.99. The van der Waals surface area contributed by atoms with E-state index in [4.69, 9.17) is 33.0 Å². The highest BCUT2D eigenvalue weighted by atomic mass is 35.5. The maximum atomic E-state index is 11.7. The quantitative estimate of drug-likeness (QED) is 0.812. The van der Waals surface area contributed by atoms with Gasteiger partial charge in [-0.05, 0) is 32.4 Å². The van der Waals surface area contributed by atoms with Crippen LogP contribution in [0, 0.1) is 0 Å². The van der Waals surface area contributed by atoms with E-state index in [1.165, 1.54) is 0 Å². The lowest BCUT2D eigenvalue weighted by atomic mass is 10.0. The predicted octanol–water partition coefficient (Wildman–Crippen LogP) is 3.04. The average Bonchev–Trinajstić information content (AvgIpc) is 2.32. The van der Waals surface area contributed by atoms with Gasteiger partial charge in [0.25, 0.3) is 0 Å². The Hall–Kier alpha value is -0.970. The Labute approximate surface area is 129 Å². The number of ether oxygens (including phenoxy) is 1. The van der Waals surface area contributed by atoms with E-state index in [0.29, 0.717) is 22.2 Å². The van der Waals surface area contributed by atoms with Crippen LogP contribution in [0.1, 0.15) is 26.7 Å². The second-order valence-electron chi connectivity index (χ2n) is 5.08. The molecule has 0 aliphatic carbocycles. The smallest absolute Gasteiger partial charge is 0.223 e. The molecular weight excluding hydrogens is 301 g/mol. The van der Waals surface area contributed by atoms with Crippen molar-refractivity contribution in [2.75, 3.05) is 13.2 Å². The molecule has 20 heavy (non-hydrogen) atoms. The summed E-state index contributed by atoms with van der Waals surface area (Å²) in [4.78, 5) is 11.7. The molecule has 4 nitrogen and oxygen atoms in total. The van der Waals surface area contributed by atoms with Crippen molar-refractivity contribution in [3.63, 3.8) is 0 Å². The van der Waals surface area contributed by atoms with Crippen LogP contribution in [0.15, 0.2) is 18.2 Å². The summed E-state index contributed by atoms with van der Waals surface area (Å²) in [5.74, 6) is 0.449. The highest BCUT2D eigenvalue weighted by molar-refractivity contribution is 6.42. The minimum Gasteiger partial charge on any atom is -0.493 e. The number of halogens is 2. The van der Waals surface area contributed by atoms with Crippen molar-refractivity contribution in [3.05, 3.63) is 28.2 Å². The van der Waals surface area contributed by atoms with Gasteiger partial charge in [0.1, 0.15) is 5.75 Å². The van der Waals surface area contributed by atoms with Gasteiger partial charge in [0.05, 0.1) is 23.1 Å². The molecule has 0 saturated heterocycles. The monoisotopic (exact) mass is 319 g/mol. The molecular formula is C14H19Cl2NO3. The van der Waals surface area contributed by atoms with E-state index in [1.807, 2.05) is 13.8 Å². The zero-order valence-electron chi connectivity index (χ0n) is 11.6. The van der Waals surface area contributed by atoms with Crippen LogP contribution in [0.5, 0.6) is 5.75 Å². The van der Waals surface area contributed by atoms with Crippen LogP contribution < -0.4 is 10.1 Å². The molecule has 1 amide bonds. The van der Waals surface area contributed by atoms with Gasteiger partial charge in [-0.1, -0.05) is 23.2 Å². The minimum absolute atomic E-state index is 0.0348. The van der Waals surface area contributed by atoms with E-state index >= 15 is 0 Å². The predicted molar refractivity (Wildman–Crippen MR) is 80.5 cm³/mol. The van der Waals surface area contributed by atoms with Gasteiger partial charge >= 0.3 is 0 Å². The molecule has 0 unspecified atom stereocenters. The lowest BCUT2D eigenvalue weighted by Crippen LogP contribution is -2.44. The van der Waals surface area contributed by atoms with Crippen molar-refractivity contribution in [3.8, 4) is 5.75 Å². The number of aliphatic hydroxyl groups excluding tert-OH is 1. The van der Waals surface area contributed by atoms with E-state index in [0.717, 1.165) is 0 Å². The number of aliphatic hydroxyl groups is 1. The topological polar surface area (TPSA) is 58.6 Å². The molecule has 0 aromatic heterocycles. The lowest BCUT2D eigenvalue weighted by Gasteiger charge is -2.25. The number of benzene rings is 1. The Bertz CT molecular complexity index is 464. The molecule has 1 aromatic carbocycles. The highest BCUT2D eigenvalue weighted by Gasteiger charge is 2.19. The summed E-state index contributed by atoms with van der Waals surface area (Å²) in [6.45, 7) is 4.01. The van der Waals surface area contributed by atoms with E-state index in [1.54, 1.807) is 18.2 Å². The van der Waals surface area contributed by atoms with E-state index < -0.39 is 5.54 Å². The van der Waals surface area contributed by atoms with Gasteiger partial charge in [-0.2, -0.15) is 0 Å². The summed E-state index contributed by atoms with van der Waals surface area (Å²) in [5.41, 5.74) is -0.421. The third-order valence-electron chi connectivity index (χ3n) is 2.70. The number of hydrogen-bond acceptors (Lipinski definition) is 3. The van der Waals surface area contributed by atoms with Crippen molar-refractivity contribution < 1.29 is 14.6 Å². The molecule has 0 fully saturated rings. The zero-order valence-corrected chi connectivity index (χ0v) is 13.1. The van der Waals surface area contributed by atoms with Gasteiger partial charge < -0.3 is 15.2 Å². The van der Waals surface area contributed by atoms with Gasteiger partial charge in [0.15, 0.2) is 0 Å². The molecule has 0 bridgehead atoms. The highest BCUT2D eigenvalue weighted by Crippen LogP contribution is 2.26. The minimum atomic E-state index is -0.421. The number of amides is 1. The molecule has 0 saturated carbocycles. The van der Waals surface area contributed by atoms with Crippen LogP contribution in [0.4, 0.5) is 0 Å². The standard InChI is InChI=1S/C14H19Cl2NO3/c1-14(2,6-7-18)17-13(19)5-8-20-10-3-4-11(15)12(16)9-10/h3-4,9,18H,5-8H2,1-2H3,(H,17,19). The van der Waals surface area contributed by atoms with Crippen molar-refractivity contribution in [2.45, 2.75) is 32.2 Å². The maximum Gasteiger partial charge on any atom is 0.223 e. The SMILES string of the molecule is CC(C)(CCO)NC(=O)CCOc1ccc(Cl)c(Cl)c1. The Morgan fingerprint density at radius 3 is 2.65 bits per heavy atom. The first-order valence-corrected chi connectivity index (χ1v) is 7.09. The normalized spacial score (nSPS) is 11.2. The fourth-order valence-electron chi connectivity index (χ4n) is 1.61. The van der Waals surface area contributed by atoms with Crippen molar-refractivity contribution in [2.24, 2.45) is 0 Å². The largest absolute Gasteiger partial charge is 0.493 e. The van der Waals surface area contributed by atoms with Crippen molar-refractivity contribution >= 4 is 29.1 Å². The summed E-state index contributed by atoms with van der Waals surface area (Å²) in [6, 6.07) is 4.95. The molecule has 1 rings (SSSR count). The van der Waals surface area contributed by atoms with Crippen LogP contribution in [0.2, 0.25) is 10.0 Å². The van der Waals surface area contributed by atoms with Gasteiger partial charge in [-0.15, -0.1) is 0 Å². The molecule has 0 spiro atoms. The molecule has 0 heterocycles. The van der Waals surface area contributed by atoms with Crippen molar-refractivity contribution in [1.82, 2.24) is 5.32 Å². The third-order valence-corrected chi connectivity index (χ3v) is 3.44. The Kier molecular flexibility index (Phi) is 6.59. The van der Waals surface area contributed by atoms with Gasteiger partial charge in [0.2, 0.25) is 5.91 Å². The maximum absolute atomic E-state index is 11.7. The number of rotatable bonds is 7. The van der Waals surface area contributed by atoms with Gasteiger partial charge in [-0.25, -0.2) is 0 Å². The van der Waals surface area contributed by atoms with Crippen LogP contribution in [0.3, 0.4) is 0 Å². The fourth-order valence-corrected chi connectivity index (χ4v) is 1.90. The van der Waals surface area contributed by atoms with Crippen LogP contribution in [0.25, 0.3) is 0 Å². The Morgan fingerprint density at radius 2 is 2.05 bits per heavy atom. The number of nitrogens with one attached hydrogen (secondary N) is 1. The van der Waals surface area contributed by atoms with Gasteiger partial charge in [-0.3, -0.25) is 4.79 Å². The molecule has 0 radical (unpaired) electrons. The summed E-state index contributed by atoms with van der Waals surface area (Å²) in [5, 5.41) is 12.6. The molecule has 0 aliphatic rings. The second kappa shape index (κ2) is 7.72. The first-order chi connectivity index (χ1) is 9.34. The van der Waals surface area contributed by atoms with Gasteiger partial charge in [0, 0.05) is 18.2 Å². The zero-order chi connectivity index (χ0) is 15.2. The molecule has 6 heteroatoms. The van der Waals surface area contributed by atoms with Crippen LogP contribution >= 0.6 is 23.2 Å². The summed E-state index contributed by atoms with van der Waals surface area (Å²) < 4.78 is 5.43. The molecule has 112 valence electrons. The summed E-state index contributed by atoms with van der Waals surface area (Å²) in [7, 11) is 0. The fraction of sp³-hybridized carbons (Fsp3) is 0.500. The summed E-state index contributed by atoms with van der Waals surface area (Å²) in [6.07, 6.45) is 0.738. The molecule has 0 aliphatic heterocycles. The summed E-state index contributed by atoms with van der Waals surface area (Å²) >= 11 is 11.7. The second-order valence-corrected chi connectivity index (χ2v) is 5.89. The molecule has 2 N–H and O–H groups in total. The molecule has 0 atom stereocenters. The number of carbonyl (C=O) groups excluding carboxylic acids is 1. The van der Waals surface area contributed by atoms with E-state index in [2.05, 4.69) is 5.32 Å². The van der Waals surface area contributed by atoms with Crippen molar-refractivity contribution in [1.29, 1.82) is 0 Å². The molecule has 1 aromatic rings. The van der Waals surface area contributed by atoms with E-state index in [9.17, 15) is 4.79 Å².